The van der Waals surface area contributed by atoms with Crippen LogP contribution in [0.1, 0.15) is 110 Å². The molecule has 0 spiro atoms. The molecule has 0 atom stereocenters. The van der Waals surface area contributed by atoms with Gasteiger partial charge in [0, 0.05) is 60.6 Å². The van der Waals surface area contributed by atoms with Gasteiger partial charge in [0.15, 0.2) is 0 Å². The highest BCUT2D eigenvalue weighted by Crippen LogP contribution is 2.37. The summed E-state index contributed by atoms with van der Waals surface area (Å²) in [6.07, 6.45) is 12.7. The average Bonchev–Trinajstić information content (AvgIpc) is 3.72. The topological polar surface area (TPSA) is 132 Å². The van der Waals surface area contributed by atoms with Gasteiger partial charge in [-0.3, -0.25) is 19.2 Å². The molecule has 0 saturated heterocycles. The van der Waals surface area contributed by atoms with Crippen LogP contribution in [0.4, 0.5) is 5.69 Å². The number of ether oxygens (including phenoxy) is 1. The van der Waals surface area contributed by atoms with Crippen molar-refractivity contribution in [1.29, 1.82) is 0 Å². The molecule has 4 aromatic carbocycles. The lowest BCUT2D eigenvalue weighted by molar-refractivity contribution is -0.127. The maximum absolute atomic E-state index is 12.6. The number of hydrogen-bond donors (Lipinski definition) is 4. The predicted molar refractivity (Wildman–Crippen MR) is 269 cm³/mol. The molecule has 0 unspecified atom stereocenters. The second-order valence-corrected chi connectivity index (χ2v) is 20.0. The number of fused-ring (bicyclic) bond motifs is 1. The van der Waals surface area contributed by atoms with Crippen molar-refractivity contribution in [3.05, 3.63) is 130 Å². The van der Waals surface area contributed by atoms with Gasteiger partial charge in [0.05, 0.1) is 7.11 Å². The van der Waals surface area contributed by atoms with Gasteiger partial charge in [-0.25, -0.2) is 0 Å². The fourth-order valence-electron chi connectivity index (χ4n) is 10.5. The molecular formula is C56H76N6O5. The van der Waals surface area contributed by atoms with Crippen molar-refractivity contribution in [2.45, 2.75) is 146 Å². The van der Waals surface area contributed by atoms with E-state index >= 15 is 0 Å². The lowest BCUT2D eigenvalue weighted by Crippen LogP contribution is -2.52. The van der Waals surface area contributed by atoms with Crippen LogP contribution in [0.25, 0.3) is 0 Å². The summed E-state index contributed by atoms with van der Waals surface area (Å²) >= 11 is 0. The quantitative estimate of drug-likeness (QED) is 0.0839. The SMILES string of the molecule is COc1ccc(NC(=O)CCC(=O)NC2CCC(Cc3cccc(C)c3)(N(C)C)CC2)cc1.Cc1cccc(CC2(N(C)C)CCC(NC(=O)CCC(=O)NC3Cc4ccccc4C3)CC2)c1. The summed E-state index contributed by atoms with van der Waals surface area (Å²) in [5.41, 5.74) is 8.93. The van der Waals surface area contributed by atoms with Crippen molar-refractivity contribution in [2.75, 3.05) is 40.6 Å². The van der Waals surface area contributed by atoms with E-state index in [4.69, 9.17) is 4.74 Å². The van der Waals surface area contributed by atoms with Crippen LogP contribution < -0.4 is 26.0 Å². The molecule has 7 rings (SSSR count). The fourth-order valence-corrected chi connectivity index (χ4v) is 10.5. The Hall–Kier alpha value is -5.52. The third-order valence-corrected chi connectivity index (χ3v) is 14.6. The van der Waals surface area contributed by atoms with Crippen molar-refractivity contribution in [3.8, 4) is 5.75 Å². The molecule has 360 valence electrons. The summed E-state index contributed by atoms with van der Waals surface area (Å²) in [5.74, 6) is 0.481. The predicted octanol–water partition coefficient (Wildman–Crippen LogP) is 8.28. The molecule has 2 fully saturated rings. The molecule has 0 bridgehead atoms. The Morgan fingerprint density at radius 3 is 1.33 bits per heavy atom. The molecule has 11 heteroatoms. The number of carbonyl (C=O) groups excluding carboxylic acids is 4. The Morgan fingerprint density at radius 2 is 0.940 bits per heavy atom. The van der Waals surface area contributed by atoms with Crippen LogP contribution in [0, 0.1) is 13.8 Å². The lowest BCUT2D eigenvalue weighted by atomic mass is 9.74. The maximum atomic E-state index is 12.6. The fraction of sp³-hybridized carbons (Fsp3) is 0.500. The van der Waals surface area contributed by atoms with Gasteiger partial charge in [0.2, 0.25) is 23.6 Å². The highest BCUT2D eigenvalue weighted by Gasteiger charge is 2.39. The van der Waals surface area contributed by atoms with E-state index in [1.54, 1.807) is 31.4 Å². The Balaban J connectivity index is 0.000000221. The van der Waals surface area contributed by atoms with E-state index in [1.807, 2.05) is 12.1 Å². The molecule has 4 aromatic rings. The van der Waals surface area contributed by atoms with E-state index in [0.717, 1.165) is 82.8 Å². The second kappa shape index (κ2) is 24.0. The summed E-state index contributed by atoms with van der Waals surface area (Å²) < 4.78 is 5.12. The van der Waals surface area contributed by atoms with Crippen molar-refractivity contribution < 1.29 is 23.9 Å². The van der Waals surface area contributed by atoms with E-state index < -0.39 is 0 Å². The van der Waals surface area contributed by atoms with Gasteiger partial charge in [0.1, 0.15) is 5.75 Å². The number of methoxy groups -OCH3 is 1. The summed E-state index contributed by atoms with van der Waals surface area (Å²) in [7, 11) is 10.3. The minimum Gasteiger partial charge on any atom is -0.497 e. The molecule has 67 heavy (non-hydrogen) atoms. The van der Waals surface area contributed by atoms with E-state index in [9.17, 15) is 19.2 Å². The van der Waals surface area contributed by atoms with E-state index in [0.29, 0.717) is 5.69 Å². The third-order valence-electron chi connectivity index (χ3n) is 14.6. The number of amides is 4. The van der Waals surface area contributed by atoms with Gasteiger partial charge < -0.3 is 35.8 Å². The Kier molecular flexibility index (Phi) is 18.2. The van der Waals surface area contributed by atoms with E-state index in [-0.39, 0.29) is 78.5 Å². The largest absolute Gasteiger partial charge is 0.497 e. The smallest absolute Gasteiger partial charge is 0.224 e. The lowest BCUT2D eigenvalue weighted by Gasteiger charge is -2.45. The number of aryl methyl sites for hydroxylation is 2. The molecule has 4 amide bonds. The molecule has 2 saturated carbocycles. The first kappa shape index (κ1) is 50.9. The van der Waals surface area contributed by atoms with Crippen LogP contribution >= 0.6 is 0 Å². The molecule has 4 N–H and O–H groups in total. The molecule has 0 aromatic heterocycles. The first-order valence-electron chi connectivity index (χ1n) is 24.5. The zero-order chi connectivity index (χ0) is 48.0. The van der Waals surface area contributed by atoms with Gasteiger partial charge in [-0.05, 0) is 166 Å². The van der Waals surface area contributed by atoms with Crippen LogP contribution in [0.3, 0.4) is 0 Å². The number of carbonyl (C=O) groups is 4. The van der Waals surface area contributed by atoms with Gasteiger partial charge in [-0.2, -0.15) is 0 Å². The minimum absolute atomic E-state index is 0.00843. The average molecular weight is 913 g/mol. The summed E-state index contributed by atoms with van der Waals surface area (Å²) in [4.78, 5) is 54.3. The van der Waals surface area contributed by atoms with Crippen molar-refractivity contribution >= 4 is 29.3 Å². The number of benzene rings is 4. The standard InChI is InChI=1S/C29H39N3O2.C27H37N3O3/c1-21-7-6-8-22(17-21)20-29(32(2)3)15-13-25(14-16-29)30-27(33)11-12-28(34)31-26-18-23-9-4-5-10-24(23)19-26;1-20-6-5-7-21(18-20)19-27(30(2)3)16-14-23(15-17-27)29-26(32)13-12-25(31)28-22-8-10-24(33-4)11-9-22/h4-10,17,25-26H,11-16,18-20H2,1-3H3,(H,30,33)(H,31,34);5-11,18,23H,12-17,19H2,1-4H3,(H,28,31)(H,29,32). The molecule has 0 aliphatic heterocycles. The molecule has 11 nitrogen and oxygen atoms in total. The van der Waals surface area contributed by atoms with E-state index in [1.165, 1.54) is 33.4 Å². The van der Waals surface area contributed by atoms with Gasteiger partial charge >= 0.3 is 0 Å². The van der Waals surface area contributed by atoms with Crippen LogP contribution in [0.5, 0.6) is 5.75 Å². The molecule has 0 radical (unpaired) electrons. The van der Waals surface area contributed by atoms with Crippen LogP contribution in [-0.2, 0) is 44.9 Å². The maximum Gasteiger partial charge on any atom is 0.224 e. The first-order chi connectivity index (χ1) is 32.1. The monoisotopic (exact) mass is 913 g/mol. The Labute approximate surface area is 400 Å². The Bertz CT molecular complexity index is 2230. The Morgan fingerprint density at radius 1 is 0.537 bits per heavy atom. The van der Waals surface area contributed by atoms with Gasteiger partial charge in [-0.15, -0.1) is 0 Å². The van der Waals surface area contributed by atoms with Crippen molar-refractivity contribution in [3.63, 3.8) is 0 Å². The van der Waals surface area contributed by atoms with Crippen LogP contribution in [0.15, 0.2) is 97.1 Å². The summed E-state index contributed by atoms with van der Waals surface area (Å²) in [5, 5.41) is 12.3. The normalized spacial score (nSPS) is 21.4. The summed E-state index contributed by atoms with van der Waals surface area (Å²) in [6, 6.07) is 33.6. The number of likely N-dealkylation sites (N-methyl/N-ethyl adjacent to an activating group) is 2. The minimum atomic E-state index is -0.163. The number of rotatable bonds is 17. The number of nitrogens with one attached hydrogen (secondary N) is 4. The molecular weight excluding hydrogens is 837 g/mol. The second-order valence-electron chi connectivity index (χ2n) is 20.0. The van der Waals surface area contributed by atoms with E-state index in [2.05, 4.69) is 134 Å². The molecule has 3 aliphatic carbocycles. The van der Waals surface area contributed by atoms with Crippen LogP contribution in [0.2, 0.25) is 0 Å². The van der Waals surface area contributed by atoms with Gasteiger partial charge in [0.25, 0.3) is 0 Å². The highest BCUT2D eigenvalue weighted by molar-refractivity contribution is 5.93. The third kappa shape index (κ3) is 15.0. The molecule has 0 heterocycles. The number of nitrogens with zero attached hydrogens (tertiary/aromatic N) is 2. The zero-order valence-corrected chi connectivity index (χ0v) is 41.2. The zero-order valence-electron chi connectivity index (χ0n) is 41.2. The number of anilines is 1. The molecule has 3 aliphatic rings. The highest BCUT2D eigenvalue weighted by atomic mass is 16.5. The van der Waals surface area contributed by atoms with Crippen molar-refractivity contribution in [2.24, 2.45) is 0 Å². The first-order valence-corrected chi connectivity index (χ1v) is 24.5. The van der Waals surface area contributed by atoms with Crippen LogP contribution in [-0.4, -0.2) is 97.9 Å². The van der Waals surface area contributed by atoms with Crippen molar-refractivity contribution in [1.82, 2.24) is 25.8 Å². The van der Waals surface area contributed by atoms with Gasteiger partial charge in [-0.1, -0.05) is 83.9 Å². The summed E-state index contributed by atoms with van der Waals surface area (Å²) in [6.45, 7) is 4.28. The number of hydrogen-bond acceptors (Lipinski definition) is 7.